The number of carbonyl (C=O) groups excluding carboxylic acids is 1. The summed E-state index contributed by atoms with van der Waals surface area (Å²) in [6.45, 7) is 2.66. The van der Waals surface area contributed by atoms with E-state index < -0.39 is 0 Å². The summed E-state index contributed by atoms with van der Waals surface area (Å²) in [4.78, 5) is 10.6. The number of unbranched alkanes of at least 4 members (excludes halogenated alkanes) is 1. The molecule has 1 aromatic rings. The van der Waals surface area contributed by atoms with Crippen molar-refractivity contribution >= 4 is 5.78 Å². The second kappa shape index (κ2) is 5.46. The smallest absolute Gasteiger partial charge is 0.168 e. The summed E-state index contributed by atoms with van der Waals surface area (Å²) >= 11 is 0. The van der Waals surface area contributed by atoms with Gasteiger partial charge in [-0.2, -0.15) is 0 Å². The maximum Gasteiger partial charge on any atom is 0.168 e. The molecule has 0 N–H and O–H groups in total. The largest absolute Gasteiger partial charge is 0.300 e. The van der Waals surface area contributed by atoms with Gasteiger partial charge in [0.15, 0.2) is 12.4 Å². The van der Waals surface area contributed by atoms with E-state index in [9.17, 15) is 4.79 Å². The third kappa shape index (κ3) is 4.41. The zero-order valence-corrected chi connectivity index (χ0v) is 8.07. The highest BCUT2D eigenvalue weighted by Crippen LogP contribution is 1.95. The second-order valence-electron chi connectivity index (χ2n) is 3.27. The predicted octanol–water partition coefficient (Wildman–Crippen LogP) is 1.73. The lowest BCUT2D eigenvalue weighted by Gasteiger charge is -1.95. The first-order valence-corrected chi connectivity index (χ1v) is 4.72. The van der Waals surface area contributed by atoms with Crippen LogP contribution in [0.3, 0.4) is 0 Å². The van der Waals surface area contributed by atoms with Crippen molar-refractivity contribution in [2.24, 2.45) is 0 Å². The summed E-state index contributed by atoms with van der Waals surface area (Å²) in [5.41, 5.74) is 0. The van der Waals surface area contributed by atoms with Crippen molar-refractivity contribution in [2.45, 2.75) is 32.7 Å². The normalized spacial score (nSPS) is 9.92. The highest BCUT2D eigenvalue weighted by atomic mass is 16.1. The molecule has 0 unspecified atom stereocenters. The monoisotopic (exact) mass is 178 g/mol. The standard InChI is InChI=1S/C11H16NO/c1-11(13)7-3-6-10-12-8-4-2-5-9-12/h2,4-5,8-9H,3,6-7,10H2,1H3/q+1. The van der Waals surface area contributed by atoms with Gasteiger partial charge in [0.05, 0.1) is 0 Å². The zero-order valence-electron chi connectivity index (χ0n) is 8.07. The zero-order chi connectivity index (χ0) is 9.52. The molecule has 13 heavy (non-hydrogen) atoms. The number of pyridine rings is 1. The van der Waals surface area contributed by atoms with E-state index in [1.807, 2.05) is 30.6 Å². The van der Waals surface area contributed by atoms with E-state index >= 15 is 0 Å². The molecule has 0 spiro atoms. The molecule has 1 aromatic heterocycles. The second-order valence-corrected chi connectivity index (χ2v) is 3.27. The molecule has 0 aliphatic carbocycles. The van der Waals surface area contributed by atoms with E-state index in [0.29, 0.717) is 6.42 Å². The maximum absolute atomic E-state index is 10.6. The van der Waals surface area contributed by atoms with Gasteiger partial charge in [-0.25, -0.2) is 4.57 Å². The summed E-state index contributed by atoms with van der Waals surface area (Å²) in [7, 11) is 0. The van der Waals surface area contributed by atoms with Gasteiger partial charge in [-0.15, -0.1) is 0 Å². The highest BCUT2D eigenvalue weighted by Gasteiger charge is 1.98. The van der Waals surface area contributed by atoms with E-state index in [1.165, 1.54) is 0 Å². The Balaban J connectivity index is 2.17. The fraction of sp³-hybridized carbons (Fsp3) is 0.455. The summed E-state index contributed by atoms with van der Waals surface area (Å²) < 4.78 is 2.14. The number of rotatable bonds is 5. The Kier molecular flexibility index (Phi) is 4.16. The molecular formula is C11H16NO+. The SMILES string of the molecule is CC(=O)CCCC[n+]1ccccc1. The number of carbonyl (C=O) groups is 1. The summed E-state index contributed by atoms with van der Waals surface area (Å²) in [5, 5.41) is 0. The van der Waals surface area contributed by atoms with Crippen LogP contribution in [0, 0.1) is 0 Å². The molecule has 70 valence electrons. The first-order chi connectivity index (χ1) is 6.29. The van der Waals surface area contributed by atoms with Gasteiger partial charge in [0, 0.05) is 25.0 Å². The molecule has 0 atom stereocenters. The van der Waals surface area contributed by atoms with Crippen LogP contribution in [0.5, 0.6) is 0 Å². The van der Waals surface area contributed by atoms with E-state index in [0.717, 1.165) is 19.4 Å². The molecule has 1 rings (SSSR count). The number of aromatic nitrogens is 1. The average Bonchev–Trinajstić information content (AvgIpc) is 2.14. The lowest BCUT2D eigenvalue weighted by atomic mass is 10.2. The van der Waals surface area contributed by atoms with Crippen molar-refractivity contribution in [1.29, 1.82) is 0 Å². The van der Waals surface area contributed by atoms with Gasteiger partial charge in [-0.05, 0) is 13.3 Å². The fourth-order valence-corrected chi connectivity index (χ4v) is 1.25. The minimum absolute atomic E-state index is 0.290. The van der Waals surface area contributed by atoms with Crippen molar-refractivity contribution in [3.05, 3.63) is 30.6 Å². The van der Waals surface area contributed by atoms with Gasteiger partial charge in [0.1, 0.15) is 12.3 Å². The van der Waals surface area contributed by atoms with E-state index in [1.54, 1.807) is 6.92 Å². The van der Waals surface area contributed by atoms with Crippen LogP contribution >= 0.6 is 0 Å². The Morgan fingerprint density at radius 2 is 1.85 bits per heavy atom. The molecule has 0 aliphatic heterocycles. The number of hydrogen-bond donors (Lipinski definition) is 0. The number of aryl methyl sites for hydroxylation is 1. The molecule has 2 nitrogen and oxygen atoms in total. The third-order valence-electron chi connectivity index (χ3n) is 1.97. The third-order valence-corrected chi connectivity index (χ3v) is 1.97. The molecule has 0 bridgehead atoms. The van der Waals surface area contributed by atoms with E-state index in [-0.39, 0.29) is 5.78 Å². The van der Waals surface area contributed by atoms with Crippen LogP contribution in [0.4, 0.5) is 0 Å². The van der Waals surface area contributed by atoms with Crippen molar-refractivity contribution in [2.75, 3.05) is 0 Å². The van der Waals surface area contributed by atoms with E-state index in [2.05, 4.69) is 4.57 Å². The van der Waals surface area contributed by atoms with Gasteiger partial charge >= 0.3 is 0 Å². The van der Waals surface area contributed by atoms with Crippen molar-refractivity contribution in [3.8, 4) is 0 Å². The van der Waals surface area contributed by atoms with Gasteiger partial charge in [-0.3, -0.25) is 0 Å². The fourth-order valence-electron chi connectivity index (χ4n) is 1.25. The van der Waals surface area contributed by atoms with Crippen LogP contribution < -0.4 is 4.57 Å². The van der Waals surface area contributed by atoms with Crippen LogP contribution in [-0.2, 0) is 11.3 Å². The Morgan fingerprint density at radius 3 is 2.46 bits per heavy atom. The highest BCUT2D eigenvalue weighted by molar-refractivity contribution is 5.75. The molecule has 1 heterocycles. The molecule has 0 aliphatic rings. The Bertz CT molecular complexity index is 256. The van der Waals surface area contributed by atoms with Gasteiger partial charge < -0.3 is 4.79 Å². The number of Topliss-reactive ketones (excluding diaryl/α,β-unsaturated/α-hetero) is 1. The minimum atomic E-state index is 0.290. The minimum Gasteiger partial charge on any atom is -0.300 e. The van der Waals surface area contributed by atoms with Crippen molar-refractivity contribution in [1.82, 2.24) is 0 Å². The molecule has 0 amide bonds. The topological polar surface area (TPSA) is 20.9 Å². The molecular weight excluding hydrogens is 162 g/mol. The molecule has 2 heteroatoms. The summed E-state index contributed by atoms with van der Waals surface area (Å²) in [5.74, 6) is 0.290. The van der Waals surface area contributed by atoms with Gasteiger partial charge in [0.25, 0.3) is 0 Å². The first-order valence-electron chi connectivity index (χ1n) is 4.72. The van der Waals surface area contributed by atoms with Gasteiger partial charge in [0.2, 0.25) is 0 Å². The molecule has 0 aromatic carbocycles. The number of nitrogens with zero attached hydrogens (tertiary/aromatic N) is 1. The number of ketones is 1. The Hall–Kier alpha value is -1.18. The van der Waals surface area contributed by atoms with Crippen LogP contribution in [0.25, 0.3) is 0 Å². The molecule has 0 radical (unpaired) electrons. The van der Waals surface area contributed by atoms with Crippen LogP contribution in [-0.4, -0.2) is 5.78 Å². The predicted molar refractivity (Wildman–Crippen MR) is 51.2 cm³/mol. The van der Waals surface area contributed by atoms with Crippen molar-refractivity contribution < 1.29 is 9.36 Å². The average molecular weight is 178 g/mol. The van der Waals surface area contributed by atoms with Crippen LogP contribution in [0.1, 0.15) is 26.2 Å². The Labute approximate surface area is 79.2 Å². The van der Waals surface area contributed by atoms with Crippen LogP contribution in [0.2, 0.25) is 0 Å². The summed E-state index contributed by atoms with van der Waals surface area (Å²) in [6.07, 6.45) is 6.89. The molecule has 0 saturated heterocycles. The first kappa shape index (κ1) is 9.90. The lowest BCUT2D eigenvalue weighted by molar-refractivity contribution is -0.697. The van der Waals surface area contributed by atoms with Gasteiger partial charge in [-0.1, -0.05) is 6.07 Å². The number of hydrogen-bond acceptors (Lipinski definition) is 1. The summed E-state index contributed by atoms with van der Waals surface area (Å²) in [6, 6.07) is 6.04. The van der Waals surface area contributed by atoms with E-state index in [4.69, 9.17) is 0 Å². The maximum atomic E-state index is 10.6. The quantitative estimate of drug-likeness (QED) is 0.497. The lowest BCUT2D eigenvalue weighted by Crippen LogP contribution is -2.32. The molecule has 0 saturated carbocycles. The van der Waals surface area contributed by atoms with Crippen molar-refractivity contribution in [3.63, 3.8) is 0 Å². The molecule has 0 fully saturated rings. The Morgan fingerprint density at radius 1 is 1.15 bits per heavy atom. The van der Waals surface area contributed by atoms with Crippen LogP contribution in [0.15, 0.2) is 30.6 Å².